The molecule has 0 aromatic carbocycles. The van der Waals surface area contributed by atoms with Gasteiger partial charge in [-0.25, -0.2) is 9.97 Å². The molecule has 2 rings (SSSR count). The second kappa shape index (κ2) is 4.76. The first kappa shape index (κ1) is 11.3. The fourth-order valence-corrected chi connectivity index (χ4v) is 2.29. The molecule has 1 aromatic rings. The van der Waals surface area contributed by atoms with Crippen LogP contribution in [-0.2, 0) is 11.2 Å². The van der Waals surface area contributed by atoms with E-state index in [-0.39, 0.29) is 6.10 Å². The Kier molecular flexibility index (Phi) is 3.59. The zero-order chi connectivity index (χ0) is 10.8. The second-order valence-electron chi connectivity index (χ2n) is 3.49. The van der Waals surface area contributed by atoms with Crippen molar-refractivity contribution in [3.8, 4) is 0 Å². The highest BCUT2D eigenvalue weighted by Crippen LogP contribution is 2.30. The number of hydrogen-bond donors (Lipinski definition) is 0. The highest BCUT2D eigenvalue weighted by molar-refractivity contribution is 9.10. The Morgan fingerprint density at radius 1 is 1.53 bits per heavy atom. The normalized spacial score (nSPS) is 20.9. The molecular formula is C10H12BrClN2O. The molecule has 1 atom stereocenters. The van der Waals surface area contributed by atoms with E-state index in [4.69, 9.17) is 16.3 Å². The third kappa shape index (κ3) is 2.32. The van der Waals surface area contributed by atoms with Gasteiger partial charge in [-0.15, -0.1) is 0 Å². The fraction of sp³-hybridized carbons (Fsp3) is 0.600. The van der Waals surface area contributed by atoms with Crippen molar-refractivity contribution >= 4 is 27.5 Å². The van der Waals surface area contributed by atoms with Crippen LogP contribution < -0.4 is 0 Å². The molecule has 1 aliphatic heterocycles. The molecule has 0 amide bonds. The summed E-state index contributed by atoms with van der Waals surface area (Å²) in [6.45, 7) is 2.84. The minimum absolute atomic E-state index is 0.0286. The summed E-state index contributed by atoms with van der Waals surface area (Å²) in [5, 5.41) is 0.479. The standard InChI is InChI=1S/C10H12BrClN2O/c1-2-6-8(11)9(12)14-10(13-6)7-4-3-5-15-7/h7H,2-5H2,1H3. The average Bonchev–Trinajstić information content (AvgIpc) is 2.75. The average molecular weight is 292 g/mol. The zero-order valence-corrected chi connectivity index (χ0v) is 10.8. The summed E-state index contributed by atoms with van der Waals surface area (Å²) in [4.78, 5) is 8.71. The van der Waals surface area contributed by atoms with E-state index in [1.165, 1.54) is 0 Å². The van der Waals surface area contributed by atoms with Gasteiger partial charge in [0.2, 0.25) is 0 Å². The molecule has 0 saturated carbocycles. The van der Waals surface area contributed by atoms with E-state index in [1.807, 2.05) is 6.92 Å². The van der Waals surface area contributed by atoms with Crippen LogP contribution in [-0.4, -0.2) is 16.6 Å². The molecule has 82 valence electrons. The number of nitrogens with zero attached hydrogens (tertiary/aromatic N) is 2. The first-order chi connectivity index (χ1) is 7.22. The molecule has 0 aliphatic carbocycles. The van der Waals surface area contributed by atoms with E-state index in [0.29, 0.717) is 5.15 Å². The number of hydrogen-bond acceptors (Lipinski definition) is 3. The van der Waals surface area contributed by atoms with Gasteiger partial charge in [-0.3, -0.25) is 0 Å². The van der Waals surface area contributed by atoms with Crippen molar-refractivity contribution in [1.82, 2.24) is 9.97 Å². The molecular weight excluding hydrogens is 279 g/mol. The summed E-state index contributed by atoms with van der Waals surface area (Å²) < 4.78 is 6.33. The highest BCUT2D eigenvalue weighted by Gasteiger charge is 2.22. The summed E-state index contributed by atoms with van der Waals surface area (Å²) in [5.74, 6) is 0.720. The van der Waals surface area contributed by atoms with Gasteiger partial charge in [0.1, 0.15) is 11.3 Å². The van der Waals surface area contributed by atoms with Crippen molar-refractivity contribution in [2.24, 2.45) is 0 Å². The van der Waals surface area contributed by atoms with Crippen LogP contribution in [0.4, 0.5) is 0 Å². The lowest BCUT2D eigenvalue weighted by molar-refractivity contribution is 0.105. The van der Waals surface area contributed by atoms with Gasteiger partial charge in [0.05, 0.1) is 10.2 Å². The van der Waals surface area contributed by atoms with Gasteiger partial charge >= 0.3 is 0 Å². The summed E-state index contributed by atoms with van der Waals surface area (Å²) in [6, 6.07) is 0. The van der Waals surface area contributed by atoms with Crippen molar-refractivity contribution in [2.75, 3.05) is 6.61 Å². The Bertz CT molecular complexity index is 367. The van der Waals surface area contributed by atoms with Crippen LogP contribution in [0.25, 0.3) is 0 Å². The smallest absolute Gasteiger partial charge is 0.159 e. The zero-order valence-electron chi connectivity index (χ0n) is 8.46. The number of halogens is 2. The van der Waals surface area contributed by atoms with E-state index in [2.05, 4.69) is 25.9 Å². The van der Waals surface area contributed by atoms with Gasteiger partial charge in [-0.05, 0) is 35.2 Å². The van der Waals surface area contributed by atoms with Crippen LogP contribution in [0.2, 0.25) is 5.15 Å². The van der Waals surface area contributed by atoms with E-state index in [1.54, 1.807) is 0 Å². The van der Waals surface area contributed by atoms with Crippen molar-refractivity contribution in [3.63, 3.8) is 0 Å². The molecule has 0 bridgehead atoms. The second-order valence-corrected chi connectivity index (χ2v) is 4.64. The van der Waals surface area contributed by atoms with E-state index >= 15 is 0 Å². The van der Waals surface area contributed by atoms with Gasteiger partial charge in [-0.2, -0.15) is 0 Å². The van der Waals surface area contributed by atoms with Crippen molar-refractivity contribution in [1.29, 1.82) is 0 Å². The minimum atomic E-state index is 0.0286. The SMILES string of the molecule is CCc1nc(C2CCCO2)nc(Cl)c1Br. The van der Waals surface area contributed by atoms with Gasteiger partial charge in [0.15, 0.2) is 5.82 Å². The largest absolute Gasteiger partial charge is 0.370 e. The third-order valence-corrected chi connectivity index (χ3v) is 3.78. The van der Waals surface area contributed by atoms with E-state index in [0.717, 1.165) is 41.9 Å². The highest BCUT2D eigenvalue weighted by atomic mass is 79.9. The first-order valence-electron chi connectivity index (χ1n) is 5.05. The number of aromatic nitrogens is 2. The number of ether oxygens (including phenoxy) is 1. The molecule has 0 spiro atoms. The van der Waals surface area contributed by atoms with Crippen molar-refractivity contribution in [2.45, 2.75) is 32.3 Å². The first-order valence-corrected chi connectivity index (χ1v) is 6.23. The Balaban J connectivity index is 2.35. The Labute approximate surface area is 102 Å². The summed E-state index contributed by atoms with van der Waals surface area (Å²) in [6.07, 6.45) is 2.92. The molecule has 15 heavy (non-hydrogen) atoms. The molecule has 0 radical (unpaired) electrons. The Morgan fingerprint density at radius 3 is 2.93 bits per heavy atom. The molecule has 1 unspecified atom stereocenters. The van der Waals surface area contributed by atoms with Crippen molar-refractivity contribution in [3.05, 3.63) is 21.1 Å². The number of rotatable bonds is 2. The van der Waals surface area contributed by atoms with Gasteiger partial charge in [0.25, 0.3) is 0 Å². The van der Waals surface area contributed by atoms with E-state index < -0.39 is 0 Å². The van der Waals surface area contributed by atoms with Crippen molar-refractivity contribution < 1.29 is 4.74 Å². The molecule has 1 aliphatic rings. The maximum atomic E-state index is 6.02. The monoisotopic (exact) mass is 290 g/mol. The predicted molar refractivity (Wildman–Crippen MR) is 62.0 cm³/mol. The van der Waals surface area contributed by atoms with Crippen LogP contribution in [0.3, 0.4) is 0 Å². The molecule has 2 heterocycles. The van der Waals surface area contributed by atoms with Crippen LogP contribution in [0.15, 0.2) is 4.47 Å². The van der Waals surface area contributed by atoms with Crippen LogP contribution in [0.5, 0.6) is 0 Å². The van der Waals surface area contributed by atoms with Gasteiger partial charge in [-0.1, -0.05) is 18.5 Å². The minimum Gasteiger partial charge on any atom is -0.370 e. The summed E-state index contributed by atoms with van der Waals surface area (Å²) in [5.41, 5.74) is 0.945. The summed E-state index contributed by atoms with van der Waals surface area (Å²) >= 11 is 9.41. The van der Waals surface area contributed by atoms with Gasteiger partial charge in [0, 0.05) is 6.61 Å². The lowest BCUT2D eigenvalue weighted by Gasteiger charge is -2.11. The molecule has 1 fully saturated rings. The van der Waals surface area contributed by atoms with Crippen LogP contribution in [0, 0.1) is 0 Å². The fourth-order valence-electron chi connectivity index (χ4n) is 1.64. The third-order valence-electron chi connectivity index (χ3n) is 2.45. The van der Waals surface area contributed by atoms with E-state index in [9.17, 15) is 0 Å². The molecule has 3 nitrogen and oxygen atoms in total. The maximum Gasteiger partial charge on any atom is 0.159 e. The molecule has 5 heteroatoms. The molecule has 1 saturated heterocycles. The quantitative estimate of drug-likeness (QED) is 0.784. The predicted octanol–water partition coefficient (Wildman–Crippen LogP) is 3.31. The number of aryl methyl sites for hydroxylation is 1. The van der Waals surface area contributed by atoms with Gasteiger partial charge < -0.3 is 4.74 Å². The van der Waals surface area contributed by atoms with Crippen LogP contribution >= 0.6 is 27.5 Å². The Hall–Kier alpha value is -0.190. The van der Waals surface area contributed by atoms with Crippen LogP contribution in [0.1, 0.15) is 37.4 Å². The molecule has 0 N–H and O–H groups in total. The summed E-state index contributed by atoms with van der Waals surface area (Å²) in [7, 11) is 0. The maximum absolute atomic E-state index is 6.02. The topological polar surface area (TPSA) is 35.0 Å². The lowest BCUT2D eigenvalue weighted by Crippen LogP contribution is -2.06. The Morgan fingerprint density at radius 2 is 2.33 bits per heavy atom. The lowest BCUT2D eigenvalue weighted by atomic mass is 10.2. The molecule has 1 aromatic heterocycles.